The van der Waals surface area contributed by atoms with Gasteiger partial charge in [0.25, 0.3) is 0 Å². The first-order valence-corrected chi connectivity index (χ1v) is 7.99. The van der Waals surface area contributed by atoms with E-state index in [0.717, 1.165) is 23.4 Å². The van der Waals surface area contributed by atoms with Gasteiger partial charge in [-0.05, 0) is 48.8 Å². The first kappa shape index (κ1) is 14.9. The maximum atomic E-state index is 5.91. The number of halogens is 1. The molecule has 106 valence electrons. The minimum atomic E-state index is 0.702. The predicted octanol–water partition coefficient (Wildman–Crippen LogP) is 5.03. The summed E-state index contributed by atoms with van der Waals surface area (Å²) in [7, 11) is 0. The van der Waals surface area contributed by atoms with Crippen molar-refractivity contribution in [2.24, 2.45) is 11.8 Å². The van der Waals surface area contributed by atoms with Crippen molar-refractivity contribution in [3.05, 3.63) is 34.9 Å². The summed E-state index contributed by atoms with van der Waals surface area (Å²) in [6, 6.07) is 8.88. The molecule has 0 amide bonds. The Morgan fingerprint density at radius 1 is 1.21 bits per heavy atom. The summed E-state index contributed by atoms with van der Waals surface area (Å²) < 4.78 is 0. The van der Waals surface area contributed by atoms with Gasteiger partial charge in [-0.1, -0.05) is 50.4 Å². The molecule has 1 nitrogen and oxygen atoms in total. The van der Waals surface area contributed by atoms with Crippen LogP contribution in [0.1, 0.15) is 51.5 Å². The Balaban J connectivity index is 1.77. The largest absolute Gasteiger partial charge is 0.310 e. The average Bonchev–Trinajstić information content (AvgIpc) is 2.38. The van der Waals surface area contributed by atoms with Crippen LogP contribution in [0.25, 0.3) is 0 Å². The Kier molecular flexibility index (Phi) is 5.72. The third-order valence-electron chi connectivity index (χ3n) is 4.10. The lowest BCUT2D eigenvalue weighted by atomic mass is 9.81. The third-order valence-corrected chi connectivity index (χ3v) is 4.35. The Labute approximate surface area is 122 Å². The van der Waals surface area contributed by atoms with E-state index in [2.05, 4.69) is 31.3 Å². The Hall–Kier alpha value is -0.530. The highest BCUT2D eigenvalue weighted by Gasteiger charge is 2.22. The summed E-state index contributed by atoms with van der Waals surface area (Å²) in [6.45, 7) is 5.64. The molecule has 0 aromatic heterocycles. The monoisotopic (exact) mass is 279 g/mol. The second-order valence-corrected chi connectivity index (χ2v) is 6.80. The van der Waals surface area contributed by atoms with Crippen LogP contribution in [0.4, 0.5) is 0 Å². The zero-order valence-electron chi connectivity index (χ0n) is 12.2. The van der Waals surface area contributed by atoms with Crippen LogP contribution in [0.2, 0.25) is 5.02 Å². The maximum absolute atomic E-state index is 5.91. The molecule has 2 rings (SSSR count). The molecule has 0 aliphatic heterocycles. The van der Waals surface area contributed by atoms with E-state index < -0.39 is 0 Å². The van der Waals surface area contributed by atoms with E-state index in [0.29, 0.717) is 6.04 Å². The van der Waals surface area contributed by atoms with Crippen LogP contribution in [-0.2, 0) is 6.54 Å². The van der Waals surface area contributed by atoms with Crippen molar-refractivity contribution < 1.29 is 0 Å². The highest BCUT2D eigenvalue weighted by molar-refractivity contribution is 6.30. The molecule has 0 saturated heterocycles. The van der Waals surface area contributed by atoms with Gasteiger partial charge in [0, 0.05) is 17.6 Å². The molecule has 2 heteroatoms. The average molecular weight is 280 g/mol. The molecule has 1 saturated carbocycles. The molecular weight excluding hydrogens is 254 g/mol. The van der Waals surface area contributed by atoms with Crippen molar-refractivity contribution in [3.63, 3.8) is 0 Å². The van der Waals surface area contributed by atoms with Crippen LogP contribution < -0.4 is 5.32 Å². The van der Waals surface area contributed by atoms with Gasteiger partial charge in [-0.2, -0.15) is 0 Å². The molecule has 0 bridgehead atoms. The van der Waals surface area contributed by atoms with Gasteiger partial charge in [0.2, 0.25) is 0 Å². The molecule has 1 N–H and O–H groups in total. The van der Waals surface area contributed by atoms with Crippen LogP contribution in [0.15, 0.2) is 24.3 Å². The molecule has 0 spiro atoms. The minimum Gasteiger partial charge on any atom is -0.310 e. The Morgan fingerprint density at radius 2 is 1.95 bits per heavy atom. The minimum absolute atomic E-state index is 0.702. The fourth-order valence-electron chi connectivity index (χ4n) is 3.22. The van der Waals surface area contributed by atoms with E-state index in [9.17, 15) is 0 Å². The van der Waals surface area contributed by atoms with Crippen molar-refractivity contribution in [1.82, 2.24) is 5.32 Å². The number of hydrogen-bond donors (Lipinski definition) is 1. The fraction of sp³-hybridized carbons (Fsp3) is 0.647. The molecule has 2 atom stereocenters. The maximum Gasteiger partial charge on any atom is 0.0406 e. The lowest BCUT2D eigenvalue weighted by Gasteiger charge is -2.31. The normalized spacial score (nSPS) is 23.8. The molecule has 2 unspecified atom stereocenters. The molecule has 0 heterocycles. The first-order valence-electron chi connectivity index (χ1n) is 7.61. The van der Waals surface area contributed by atoms with Crippen LogP contribution in [0.3, 0.4) is 0 Å². The lowest BCUT2D eigenvalue weighted by Crippen LogP contribution is -2.34. The van der Waals surface area contributed by atoms with Gasteiger partial charge in [-0.3, -0.25) is 0 Å². The third kappa shape index (κ3) is 5.16. The Morgan fingerprint density at radius 3 is 2.63 bits per heavy atom. The van der Waals surface area contributed by atoms with Crippen molar-refractivity contribution in [2.45, 2.75) is 58.5 Å². The molecule has 19 heavy (non-hydrogen) atoms. The predicted molar refractivity (Wildman–Crippen MR) is 83.5 cm³/mol. The van der Waals surface area contributed by atoms with E-state index in [1.165, 1.54) is 37.7 Å². The lowest BCUT2D eigenvalue weighted by molar-refractivity contribution is 0.252. The van der Waals surface area contributed by atoms with Gasteiger partial charge in [0.05, 0.1) is 0 Å². The number of benzene rings is 1. The summed E-state index contributed by atoms with van der Waals surface area (Å²) >= 11 is 5.91. The van der Waals surface area contributed by atoms with Crippen molar-refractivity contribution in [2.75, 3.05) is 0 Å². The summed E-state index contributed by atoms with van der Waals surface area (Å²) in [6.07, 6.45) is 6.89. The highest BCUT2D eigenvalue weighted by atomic mass is 35.5. The first-order chi connectivity index (χ1) is 9.13. The van der Waals surface area contributed by atoms with Crippen LogP contribution >= 0.6 is 11.6 Å². The van der Waals surface area contributed by atoms with Gasteiger partial charge in [-0.15, -0.1) is 0 Å². The van der Waals surface area contributed by atoms with E-state index in [1.54, 1.807) is 0 Å². The molecule has 1 aliphatic carbocycles. The van der Waals surface area contributed by atoms with Crippen LogP contribution in [-0.4, -0.2) is 6.04 Å². The second kappa shape index (κ2) is 7.31. The van der Waals surface area contributed by atoms with E-state index in [1.807, 2.05) is 12.1 Å². The van der Waals surface area contributed by atoms with Crippen molar-refractivity contribution in [3.8, 4) is 0 Å². The Bertz CT molecular complexity index is 371. The van der Waals surface area contributed by atoms with E-state index in [-0.39, 0.29) is 0 Å². The standard InChI is InChI=1S/C17H26ClN/c1-13(2)10-15-4-3-5-17(11-15)19-12-14-6-8-16(18)9-7-14/h6-9,13,15,17,19H,3-5,10-12H2,1-2H3. The summed E-state index contributed by atoms with van der Waals surface area (Å²) in [5.41, 5.74) is 1.33. The zero-order chi connectivity index (χ0) is 13.7. The second-order valence-electron chi connectivity index (χ2n) is 6.37. The van der Waals surface area contributed by atoms with Crippen LogP contribution in [0.5, 0.6) is 0 Å². The highest BCUT2D eigenvalue weighted by Crippen LogP contribution is 2.29. The van der Waals surface area contributed by atoms with Crippen molar-refractivity contribution in [1.29, 1.82) is 0 Å². The summed E-state index contributed by atoms with van der Waals surface area (Å²) in [5, 5.41) is 4.54. The number of rotatable bonds is 5. The van der Waals surface area contributed by atoms with Gasteiger partial charge >= 0.3 is 0 Å². The summed E-state index contributed by atoms with van der Waals surface area (Å²) in [5.74, 6) is 1.76. The molecule has 1 aromatic rings. The van der Waals surface area contributed by atoms with Gasteiger partial charge in [0.15, 0.2) is 0 Å². The molecule has 1 aromatic carbocycles. The topological polar surface area (TPSA) is 12.0 Å². The van der Waals surface area contributed by atoms with Gasteiger partial charge in [-0.25, -0.2) is 0 Å². The smallest absolute Gasteiger partial charge is 0.0406 e. The summed E-state index contributed by atoms with van der Waals surface area (Å²) in [4.78, 5) is 0. The van der Waals surface area contributed by atoms with Gasteiger partial charge < -0.3 is 5.32 Å². The number of hydrogen-bond acceptors (Lipinski definition) is 1. The van der Waals surface area contributed by atoms with Gasteiger partial charge in [0.1, 0.15) is 0 Å². The number of nitrogens with one attached hydrogen (secondary N) is 1. The van der Waals surface area contributed by atoms with Crippen LogP contribution in [0, 0.1) is 11.8 Å². The molecule has 1 fully saturated rings. The SMILES string of the molecule is CC(C)CC1CCCC(NCc2ccc(Cl)cc2)C1. The fourth-order valence-corrected chi connectivity index (χ4v) is 3.35. The molecule has 0 radical (unpaired) electrons. The zero-order valence-corrected chi connectivity index (χ0v) is 12.9. The van der Waals surface area contributed by atoms with E-state index >= 15 is 0 Å². The molecule has 1 aliphatic rings. The van der Waals surface area contributed by atoms with Crippen molar-refractivity contribution >= 4 is 11.6 Å². The molecular formula is C17H26ClN. The van der Waals surface area contributed by atoms with E-state index in [4.69, 9.17) is 11.6 Å². The quantitative estimate of drug-likeness (QED) is 0.797.